The summed E-state index contributed by atoms with van der Waals surface area (Å²) in [6, 6.07) is 3.79. The minimum absolute atomic E-state index is 0.00734. The number of carbonyl (C=O) groups is 5. The summed E-state index contributed by atoms with van der Waals surface area (Å²) in [5.41, 5.74) is 1.06. The first-order chi connectivity index (χ1) is 20.8. The lowest BCUT2D eigenvalue weighted by Gasteiger charge is -2.24. The number of hydrogen-bond donors (Lipinski definition) is 3. The summed E-state index contributed by atoms with van der Waals surface area (Å²) in [7, 11) is 8.49. The molecule has 0 bridgehead atoms. The number of phenols is 1. The third-order valence-electron chi connectivity index (χ3n) is 7.85. The quantitative estimate of drug-likeness (QED) is 0.0711. The molecule has 3 rings (SSSR count). The van der Waals surface area contributed by atoms with Crippen LogP contribution in [0.1, 0.15) is 36.0 Å². The zero-order valence-corrected chi connectivity index (χ0v) is 31.4. The third kappa shape index (κ3) is 10.3. The van der Waals surface area contributed by atoms with Crippen molar-refractivity contribution in [2.75, 3.05) is 52.4 Å². The Kier molecular flexibility index (Phi) is 15.3. The monoisotopic (exact) mass is 867 g/mol. The number of imide groups is 2. The Morgan fingerprint density at radius 2 is 1.55 bits per heavy atom. The van der Waals surface area contributed by atoms with Crippen LogP contribution in [0.4, 0.5) is 0 Å². The van der Waals surface area contributed by atoms with Crippen molar-refractivity contribution in [3.8, 4) is 5.75 Å². The van der Waals surface area contributed by atoms with Crippen molar-refractivity contribution in [1.29, 1.82) is 0 Å². The van der Waals surface area contributed by atoms with Crippen molar-refractivity contribution in [2.45, 2.75) is 51.0 Å². The topological polar surface area (TPSA) is 139 Å². The van der Waals surface area contributed by atoms with E-state index < -0.39 is 11.1 Å². The standard InChI is InChI=1S/C27H39B2I2N5O6P2/c1-17-13-19(14-18(2)25(17)40)3-4-22(37)34(9-5-32-7-11-35-23(38)15-20(26(35)41)29(30)43)10-6-33-8-12-36-24(39)16-21(27(36)42)44(28)31/h13-14,20-21,32-33,40H,3-12,15-16,43H2,1-2H3. The van der Waals surface area contributed by atoms with Gasteiger partial charge in [-0.25, -0.2) is 0 Å². The van der Waals surface area contributed by atoms with Crippen LogP contribution in [0.5, 0.6) is 5.75 Å². The Morgan fingerprint density at radius 1 is 1.02 bits per heavy atom. The predicted octanol–water partition coefficient (Wildman–Crippen LogP) is 1.92. The molecule has 2 aliphatic rings. The Balaban J connectivity index is 1.49. The number of amides is 5. The van der Waals surface area contributed by atoms with E-state index in [0.29, 0.717) is 52.1 Å². The number of rotatable bonds is 17. The minimum Gasteiger partial charge on any atom is -0.507 e. The summed E-state index contributed by atoms with van der Waals surface area (Å²) in [4.78, 5) is 67.2. The van der Waals surface area contributed by atoms with Gasteiger partial charge in [0.1, 0.15) is 13.3 Å². The summed E-state index contributed by atoms with van der Waals surface area (Å²) in [5, 5.41) is 16.6. The molecular weight excluding hydrogens is 828 g/mol. The van der Waals surface area contributed by atoms with Crippen molar-refractivity contribution < 1.29 is 29.1 Å². The summed E-state index contributed by atoms with van der Waals surface area (Å²) < 4.78 is 0.00734. The van der Waals surface area contributed by atoms with Gasteiger partial charge >= 0.3 is 0 Å². The molecule has 2 fully saturated rings. The molecule has 0 spiro atoms. The molecular formula is C27H39B2I2N5O6P2. The van der Waals surface area contributed by atoms with Crippen LogP contribution in [-0.2, 0) is 30.4 Å². The number of aromatic hydroxyl groups is 1. The van der Waals surface area contributed by atoms with Gasteiger partial charge in [-0.2, -0.15) is 9.12 Å². The first kappa shape index (κ1) is 37.6. The molecule has 17 heteroatoms. The van der Waals surface area contributed by atoms with Crippen LogP contribution in [0.25, 0.3) is 0 Å². The van der Waals surface area contributed by atoms with Crippen LogP contribution in [0.2, 0.25) is 5.82 Å². The van der Waals surface area contributed by atoms with E-state index in [-0.39, 0.29) is 71.3 Å². The van der Waals surface area contributed by atoms with Crippen LogP contribution in [0, 0.1) is 13.8 Å². The minimum atomic E-state index is -1.04. The number of nitrogens with zero attached hydrogens (tertiary/aromatic N) is 3. The Hall–Kier alpha value is -0.860. The smallest absolute Gasteiger partial charge is 0.252 e. The van der Waals surface area contributed by atoms with Gasteiger partial charge in [-0.05, 0) is 37.0 Å². The van der Waals surface area contributed by atoms with Crippen molar-refractivity contribution in [3.63, 3.8) is 0 Å². The molecule has 0 aliphatic carbocycles. The molecule has 4 atom stereocenters. The van der Waals surface area contributed by atoms with Crippen LogP contribution in [0.15, 0.2) is 12.1 Å². The largest absolute Gasteiger partial charge is 0.507 e. The lowest BCUT2D eigenvalue weighted by Crippen LogP contribution is -2.44. The third-order valence-corrected chi connectivity index (χ3v) is 12.2. The first-order valence-corrected chi connectivity index (χ1v) is 20.8. The Morgan fingerprint density at radius 3 is 2.02 bits per heavy atom. The summed E-state index contributed by atoms with van der Waals surface area (Å²) in [6.07, 6.45) is 1.23. The zero-order valence-electron chi connectivity index (χ0n) is 25.1. The van der Waals surface area contributed by atoms with E-state index in [1.807, 2.05) is 48.0 Å². The molecule has 5 amide bonds. The maximum atomic E-state index is 13.3. The van der Waals surface area contributed by atoms with E-state index in [0.717, 1.165) is 16.7 Å². The number of likely N-dealkylation sites (tertiary alicyclic amines) is 2. The van der Waals surface area contributed by atoms with Gasteiger partial charge in [0.15, 0.2) is 0 Å². The van der Waals surface area contributed by atoms with Gasteiger partial charge in [-0.1, -0.05) is 39.6 Å². The average Bonchev–Trinajstić information content (AvgIpc) is 3.42. The predicted molar refractivity (Wildman–Crippen MR) is 195 cm³/mol. The molecule has 0 saturated carbocycles. The summed E-state index contributed by atoms with van der Waals surface area (Å²) >= 11 is 4.18. The Labute approximate surface area is 290 Å². The lowest BCUT2D eigenvalue weighted by atomic mass is 9.84. The van der Waals surface area contributed by atoms with E-state index in [2.05, 4.69) is 42.1 Å². The van der Waals surface area contributed by atoms with Crippen LogP contribution >= 0.6 is 59.0 Å². The highest BCUT2D eigenvalue weighted by molar-refractivity contribution is 14.2. The molecule has 3 N–H and O–H groups in total. The van der Waals surface area contributed by atoms with E-state index in [1.165, 1.54) is 9.80 Å². The van der Waals surface area contributed by atoms with E-state index in [4.69, 9.17) is 7.57 Å². The fourth-order valence-corrected chi connectivity index (χ4v) is 8.16. The maximum absolute atomic E-state index is 13.3. The fraction of sp³-hybridized carbons (Fsp3) is 0.593. The number of nitrogens with one attached hydrogen (secondary N) is 2. The molecule has 2 saturated heterocycles. The second-order valence-corrected chi connectivity index (χ2v) is 19.2. The summed E-state index contributed by atoms with van der Waals surface area (Å²) in [5.74, 6) is -0.765. The van der Waals surface area contributed by atoms with Gasteiger partial charge in [0.05, 0.1) is 5.66 Å². The fourth-order valence-electron chi connectivity index (χ4n) is 5.31. The van der Waals surface area contributed by atoms with Crippen molar-refractivity contribution >= 4 is 100 Å². The van der Waals surface area contributed by atoms with Crippen molar-refractivity contribution in [3.05, 3.63) is 28.8 Å². The zero-order chi connectivity index (χ0) is 32.6. The van der Waals surface area contributed by atoms with Gasteiger partial charge in [-0.15, -0.1) is 22.4 Å². The molecule has 4 unspecified atom stereocenters. The van der Waals surface area contributed by atoms with Crippen LogP contribution < -0.4 is 10.6 Å². The highest BCUT2D eigenvalue weighted by atomic mass is 127. The molecule has 2 radical (unpaired) electrons. The number of halogens is 2. The SMILES string of the molecule is [B]P(I)C1CC(=O)N(CCNCCN(CCNCCN2C(=O)CC(B(P)I)C2=O)C(=O)CCc2cc(C)c(O)c(C)c2)C1=O. The summed E-state index contributed by atoms with van der Waals surface area (Å²) in [6.45, 7) is 6.88. The molecule has 0 aromatic heterocycles. The molecule has 44 heavy (non-hydrogen) atoms. The normalized spacial score (nSPS) is 19.3. The second kappa shape index (κ2) is 17.9. The first-order valence-electron chi connectivity index (χ1n) is 14.6. The number of hydrogen-bond acceptors (Lipinski definition) is 8. The van der Waals surface area contributed by atoms with E-state index in [9.17, 15) is 29.1 Å². The molecule has 1 aromatic rings. The van der Waals surface area contributed by atoms with Crippen LogP contribution in [-0.4, -0.2) is 119 Å². The molecule has 238 valence electrons. The van der Waals surface area contributed by atoms with Gasteiger partial charge in [0, 0.05) is 77.4 Å². The van der Waals surface area contributed by atoms with Gasteiger partial charge in [0.2, 0.25) is 29.5 Å². The van der Waals surface area contributed by atoms with Crippen molar-refractivity contribution in [1.82, 2.24) is 25.3 Å². The molecule has 11 nitrogen and oxygen atoms in total. The number of benzene rings is 1. The molecule has 2 aliphatic heterocycles. The number of phenolic OH excluding ortho intramolecular Hbond substituents is 1. The maximum Gasteiger partial charge on any atom is 0.252 e. The number of carbonyl (C=O) groups excluding carboxylic acids is 5. The number of aryl methyl sites for hydroxylation is 3. The molecule has 2 heterocycles. The van der Waals surface area contributed by atoms with E-state index >= 15 is 0 Å². The van der Waals surface area contributed by atoms with Gasteiger partial charge < -0.3 is 20.6 Å². The second-order valence-electron chi connectivity index (χ2n) is 11.0. The van der Waals surface area contributed by atoms with Crippen LogP contribution in [0.3, 0.4) is 0 Å². The average molecular weight is 867 g/mol. The lowest BCUT2D eigenvalue weighted by molar-refractivity contribution is -0.139. The Bertz CT molecular complexity index is 1170. The highest BCUT2D eigenvalue weighted by Gasteiger charge is 2.42. The van der Waals surface area contributed by atoms with Gasteiger partial charge in [-0.3, -0.25) is 33.8 Å². The highest BCUT2D eigenvalue weighted by Crippen LogP contribution is 2.49. The van der Waals surface area contributed by atoms with Gasteiger partial charge in [0.25, 0.3) is 4.29 Å². The van der Waals surface area contributed by atoms with E-state index in [1.54, 1.807) is 4.90 Å². The molecule has 1 aromatic carbocycles. The van der Waals surface area contributed by atoms with Crippen molar-refractivity contribution in [2.24, 2.45) is 0 Å².